The Labute approximate surface area is 131 Å². The zero-order chi connectivity index (χ0) is 16.1. The number of allylic oxidation sites excluding steroid dienone is 3. The Morgan fingerprint density at radius 2 is 2.14 bits per heavy atom. The first-order valence-electron chi connectivity index (χ1n) is 7.35. The standard InChI is InChI=1S/C18H22N2O2/c1-12(2)14-10-9-13(3)16(11-14)19-20-18(21)15-7-5-6-8-17(15)22-4/h5-9,14H,1,10-11H2,2-4H3,(H,20,21). The minimum atomic E-state index is -0.268. The van der Waals surface area contributed by atoms with Gasteiger partial charge in [0.25, 0.3) is 5.91 Å². The molecule has 4 heteroatoms. The highest BCUT2D eigenvalue weighted by molar-refractivity contribution is 6.03. The second kappa shape index (κ2) is 7.07. The maximum atomic E-state index is 12.3. The van der Waals surface area contributed by atoms with Gasteiger partial charge in [-0.1, -0.05) is 30.4 Å². The summed E-state index contributed by atoms with van der Waals surface area (Å²) >= 11 is 0. The highest BCUT2D eigenvalue weighted by Crippen LogP contribution is 2.26. The molecule has 1 aromatic carbocycles. The minimum Gasteiger partial charge on any atom is -0.496 e. The summed E-state index contributed by atoms with van der Waals surface area (Å²) in [5.74, 6) is 0.664. The molecule has 2 rings (SSSR count). The monoisotopic (exact) mass is 298 g/mol. The molecule has 1 amide bonds. The van der Waals surface area contributed by atoms with Gasteiger partial charge in [0.05, 0.1) is 18.4 Å². The largest absolute Gasteiger partial charge is 0.496 e. The van der Waals surface area contributed by atoms with Crippen molar-refractivity contribution in [1.29, 1.82) is 0 Å². The van der Waals surface area contributed by atoms with Crippen LogP contribution in [0.4, 0.5) is 0 Å². The predicted octanol–water partition coefficient (Wildman–Crippen LogP) is 3.71. The Hall–Kier alpha value is -2.36. The van der Waals surface area contributed by atoms with Crippen LogP contribution in [0.3, 0.4) is 0 Å². The van der Waals surface area contributed by atoms with Crippen LogP contribution >= 0.6 is 0 Å². The third-order valence-corrected chi connectivity index (χ3v) is 3.94. The maximum absolute atomic E-state index is 12.3. The van der Waals surface area contributed by atoms with Crippen molar-refractivity contribution >= 4 is 11.6 Å². The molecule has 0 saturated heterocycles. The number of amides is 1. The fraction of sp³-hybridized carbons (Fsp3) is 0.333. The molecule has 1 aliphatic carbocycles. The quantitative estimate of drug-likeness (QED) is 0.680. The number of hydrogen-bond acceptors (Lipinski definition) is 3. The number of para-hydroxylation sites is 1. The first-order chi connectivity index (χ1) is 10.5. The van der Waals surface area contributed by atoms with Crippen molar-refractivity contribution < 1.29 is 9.53 Å². The Morgan fingerprint density at radius 3 is 2.82 bits per heavy atom. The van der Waals surface area contributed by atoms with E-state index in [0.717, 1.165) is 29.7 Å². The Bertz CT molecular complexity index is 644. The predicted molar refractivity (Wildman–Crippen MR) is 89.2 cm³/mol. The molecular weight excluding hydrogens is 276 g/mol. The number of ether oxygens (including phenoxy) is 1. The third kappa shape index (κ3) is 3.64. The SMILES string of the molecule is C=C(C)C1CC=C(C)C(=NNC(=O)c2ccccc2OC)C1. The van der Waals surface area contributed by atoms with Crippen molar-refractivity contribution in [3.63, 3.8) is 0 Å². The summed E-state index contributed by atoms with van der Waals surface area (Å²) < 4.78 is 5.20. The van der Waals surface area contributed by atoms with Crippen molar-refractivity contribution in [1.82, 2.24) is 5.43 Å². The second-order valence-corrected chi connectivity index (χ2v) is 5.57. The molecule has 116 valence electrons. The fourth-order valence-electron chi connectivity index (χ4n) is 2.43. The maximum Gasteiger partial charge on any atom is 0.275 e. The average Bonchev–Trinajstić information content (AvgIpc) is 2.53. The average molecular weight is 298 g/mol. The van der Waals surface area contributed by atoms with Gasteiger partial charge in [0, 0.05) is 0 Å². The van der Waals surface area contributed by atoms with Gasteiger partial charge in [-0.3, -0.25) is 4.79 Å². The second-order valence-electron chi connectivity index (χ2n) is 5.57. The van der Waals surface area contributed by atoms with Gasteiger partial charge in [-0.2, -0.15) is 5.10 Å². The number of carbonyl (C=O) groups is 1. The van der Waals surface area contributed by atoms with Gasteiger partial charge in [0.15, 0.2) is 0 Å². The Morgan fingerprint density at radius 1 is 1.41 bits per heavy atom. The van der Waals surface area contributed by atoms with Crippen LogP contribution in [0, 0.1) is 5.92 Å². The van der Waals surface area contributed by atoms with Gasteiger partial charge >= 0.3 is 0 Å². The van der Waals surface area contributed by atoms with Crippen LogP contribution in [-0.4, -0.2) is 18.7 Å². The molecule has 0 aromatic heterocycles. The third-order valence-electron chi connectivity index (χ3n) is 3.94. The van der Waals surface area contributed by atoms with Gasteiger partial charge in [0.1, 0.15) is 5.75 Å². The Balaban J connectivity index is 2.13. The minimum absolute atomic E-state index is 0.268. The van der Waals surface area contributed by atoms with E-state index in [1.165, 1.54) is 0 Å². The summed E-state index contributed by atoms with van der Waals surface area (Å²) in [4.78, 5) is 12.3. The van der Waals surface area contributed by atoms with Crippen LogP contribution in [0.1, 0.15) is 37.0 Å². The summed E-state index contributed by atoms with van der Waals surface area (Å²) in [6.07, 6.45) is 3.95. The normalized spacial score (nSPS) is 19.5. The van der Waals surface area contributed by atoms with Crippen molar-refractivity contribution in [2.24, 2.45) is 11.0 Å². The summed E-state index contributed by atoms with van der Waals surface area (Å²) in [5.41, 5.74) is 6.27. The van der Waals surface area contributed by atoms with Crippen molar-refractivity contribution in [3.8, 4) is 5.75 Å². The number of hydrazone groups is 1. The molecule has 0 fully saturated rings. The van der Waals surface area contributed by atoms with E-state index in [4.69, 9.17) is 4.74 Å². The summed E-state index contributed by atoms with van der Waals surface area (Å²) in [5, 5.41) is 4.30. The van der Waals surface area contributed by atoms with Gasteiger partial charge in [-0.05, 0) is 50.3 Å². The first kappa shape index (κ1) is 16.0. The number of hydrogen-bond donors (Lipinski definition) is 1. The number of rotatable bonds is 4. The van der Waals surface area contributed by atoms with E-state index in [-0.39, 0.29) is 5.91 Å². The smallest absolute Gasteiger partial charge is 0.275 e. The van der Waals surface area contributed by atoms with E-state index >= 15 is 0 Å². The van der Waals surface area contributed by atoms with Crippen molar-refractivity contribution in [2.45, 2.75) is 26.7 Å². The van der Waals surface area contributed by atoms with E-state index in [1.54, 1.807) is 25.3 Å². The number of nitrogens with zero attached hydrogens (tertiary/aromatic N) is 1. The van der Waals surface area contributed by atoms with Gasteiger partial charge in [-0.15, -0.1) is 0 Å². The summed E-state index contributed by atoms with van der Waals surface area (Å²) in [6, 6.07) is 7.10. The van der Waals surface area contributed by atoms with Crippen LogP contribution in [0.15, 0.2) is 53.2 Å². The van der Waals surface area contributed by atoms with E-state index in [9.17, 15) is 4.79 Å². The van der Waals surface area contributed by atoms with Crippen molar-refractivity contribution in [2.75, 3.05) is 7.11 Å². The lowest BCUT2D eigenvalue weighted by molar-refractivity contribution is 0.0951. The molecule has 0 heterocycles. The molecule has 0 aliphatic heterocycles. The van der Waals surface area contributed by atoms with Crippen LogP contribution in [0.5, 0.6) is 5.75 Å². The van der Waals surface area contributed by atoms with Crippen molar-refractivity contribution in [3.05, 3.63) is 53.6 Å². The molecule has 1 N–H and O–H groups in total. The van der Waals surface area contributed by atoms with Crippen LogP contribution in [0.25, 0.3) is 0 Å². The summed E-state index contributed by atoms with van der Waals surface area (Å²) in [6.45, 7) is 8.06. The van der Waals surface area contributed by atoms with Gasteiger partial charge in [-0.25, -0.2) is 5.43 Å². The number of methoxy groups -OCH3 is 1. The molecule has 22 heavy (non-hydrogen) atoms. The van der Waals surface area contributed by atoms with E-state index in [0.29, 0.717) is 17.2 Å². The van der Waals surface area contributed by atoms with E-state index < -0.39 is 0 Å². The zero-order valence-corrected chi connectivity index (χ0v) is 13.3. The lowest BCUT2D eigenvalue weighted by atomic mass is 9.85. The number of carbonyl (C=O) groups excluding carboxylic acids is 1. The molecule has 1 aromatic rings. The molecule has 0 spiro atoms. The van der Waals surface area contributed by atoms with E-state index in [1.807, 2.05) is 19.9 Å². The lowest BCUT2D eigenvalue weighted by Gasteiger charge is -2.22. The highest BCUT2D eigenvalue weighted by Gasteiger charge is 2.19. The number of benzene rings is 1. The number of nitrogens with one attached hydrogen (secondary N) is 1. The van der Waals surface area contributed by atoms with Gasteiger partial charge in [0.2, 0.25) is 0 Å². The molecule has 4 nitrogen and oxygen atoms in total. The molecule has 0 bridgehead atoms. The van der Waals surface area contributed by atoms with E-state index in [2.05, 4.69) is 23.2 Å². The molecule has 0 saturated carbocycles. The zero-order valence-electron chi connectivity index (χ0n) is 13.3. The highest BCUT2D eigenvalue weighted by atomic mass is 16.5. The molecule has 0 radical (unpaired) electrons. The molecular formula is C18H22N2O2. The van der Waals surface area contributed by atoms with Crippen LogP contribution < -0.4 is 10.2 Å². The lowest BCUT2D eigenvalue weighted by Crippen LogP contribution is -2.23. The van der Waals surface area contributed by atoms with Crippen LogP contribution in [0.2, 0.25) is 0 Å². The fourth-order valence-corrected chi connectivity index (χ4v) is 2.43. The Kier molecular flexibility index (Phi) is 5.15. The molecule has 1 atom stereocenters. The van der Waals surface area contributed by atoms with Gasteiger partial charge < -0.3 is 4.74 Å². The summed E-state index contributed by atoms with van der Waals surface area (Å²) in [7, 11) is 1.55. The topological polar surface area (TPSA) is 50.7 Å². The first-order valence-corrected chi connectivity index (χ1v) is 7.35. The van der Waals surface area contributed by atoms with Crippen LogP contribution in [-0.2, 0) is 0 Å². The molecule has 1 unspecified atom stereocenters. The molecule has 1 aliphatic rings.